The van der Waals surface area contributed by atoms with Crippen molar-refractivity contribution in [1.29, 1.82) is 0 Å². The van der Waals surface area contributed by atoms with Crippen molar-refractivity contribution in [1.82, 2.24) is 37.8 Å². The molecule has 0 fully saturated rings. The van der Waals surface area contributed by atoms with E-state index in [4.69, 9.17) is 11.6 Å². The number of hydrogen-bond acceptors (Lipinski definition) is 4. The van der Waals surface area contributed by atoms with Gasteiger partial charge in [0.2, 0.25) is 11.2 Å². The average molecular weight is 669 g/mol. The van der Waals surface area contributed by atoms with Gasteiger partial charge in [-0.3, -0.25) is 19.0 Å². The first-order valence-electron chi connectivity index (χ1n) is 16.3. The summed E-state index contributed by atoms with van der Waals surface area (Å²) in [7, 11) is 3.86. The van der Waals surface area contributed by atoms with Crippen LogP contribution in [0.25, 0.3) is 22.1 Å². The monoisotopic (exact) mass is 668 g/mol. The van der Waals surface area contributed by atoms with Crippen molar-refractivity contribution in [3.63, 3.8) is 0 Å². The van der Waals surface area contributed by atoms with E-state index >= 15 is 0 Å². The number of alkyl halides is 1. The molecule has 0 radical (unpaired) electrons. The zero-order valence-corrected chi connectivity index (χ0v) is 29.1. The molecular weight excluding hydrogens is 628 g/mol. The van der Waals surface area contributed by atoms with E-state index in [-0.39, 0.29) is 11.8 Å². The predicted molar refractivity (Wildman–Crippen MR) is 186 cm³/mol. The average Bonchev–Trinajstić information content (AvgIpc) is 3.81. The van der Waals surface area contributed by atoms with Gasteiger partial charge in [0.1, 0.15) is 11.4 Å². The van der Waals surface area contributed by atoms with Crippen molar-refractivity contribution in [3.05, 3.63) is 94.2 Å². The Bertz CT molecular complexity index is 2310. The first-order valence-corrected chi connectivity index (χ1v) is 16.8. The van der Waals surface area contributed by atoms with E-state index in [1.54, 1.807) is 21.5 Å². The van der Waals surface area contributed by atoms with E-state index in [0.29, 0.717) is 54.7 Å². The largest absolute Gasteiger partial charge is 0.313 e. The van der Waals surface area contributed by atoms with Crippen molar-refractivity contribution < 1.29 is 9.59 Å². The van der Waals surface area contributed by atoms with E-state index in [1.165, 1.54) is 0 Å². The van der Waals surface area contributed by atoms with Gasteiger partial charge in [0.05, 0.1) is 33.5 Å². The Kier molecular flexibility index (Phi) is 9.36. The number of unbranched alkanes of at least 4 members (excludes halogenated alkanes) is 1. The predicted octanol–water partition coefficient (Wildman–Crippen LogP) is 5.02. The van der Waals surface area contributed by atoms with E-state index in [2.05, 4.69) is 35.4 Å². The molecular formula is C35H41ClN10O2. The third-order valence-corrected chi connectivity index (χ3v) is 9.04. The number of aryl methyl sites for hydroxylation is 8. The summed E-state index contributed by atoms with van der Waals surface area (Å²) in [5.74, 6) is -0.337. The lowest BCUT2D eigenvalue weighted by Gasteiger charge is -2.09. The van der Waals surface area contributed by atoms with Crippen LogP contribution >= 0.6 is 11.6 Å². The summed E-state index contributed by atoms with van der Waals surface area (Å²) in [5, 5.41) is 8.87. The molecule has 250 valence electrons. The van der Waals surface area contributed by atoms with E-state index in [1.807, 2.05) is 87.3 Å². The SMILES string of the molecule is CCn1nc(C)cc1C(=O)/N=c1\n(C)c2ccccc2n1CCCCn1/c(=N/C(=O)c2cc(C)nn2CC)n(C)c2cccc(CCl)c21. The van der Waals surface area contributed by atoms with Crippen LogP contribution in [-0.2, 0) is 46.2 Å². The molecule has 48 heavy (non-hydrogen) atoms. The maximum Gasteiger partial charge on any atom is 0.298 e. The number of hydrogen-bond donors (Lipinski definition) is 0. The van der Waals surface area contributed by atoms with E-state index < -0.39 is 0 Å². The topological polar surface area (TPSA) is 114 Å². The van der Waals surface area contributed by atoms with Crippen LogP contribution in [0.1, 0.15) is 64.6 Å². The van der Waals surface area contributed by atoms with Gasteiger partial charge in [0.25, 0.3) is 11.8 Å². The molecule has 0 unspecified atom stereocenters. The molecule has 6 rings (SSSR count). The number of carbonyl (C=O) groups is 2. The molecule has 0 N–H and O–H groups in total. The molecule has 2 amide bonds. The number of carbonyl (C=O) groups excluding carboxylic acids is 2. The van der Waals surface area contributed by atoms with Gasteiger partial charge in [-0.25, -0.2) is 0 Å². The van der Waals surface area contributed by atoms with Crippen LogP contribution < -0.4 is 11.2 Å². The zero-order chi connectivity index (χ0) is 34.1. The molecule has 0 saturated heterocycles. The summed E-state index contributed by atoms with van der Waals surface area (Å²) in [5.41, 5.74) is 8.48. The minimum atomic E-state index is -0.341. The van der Waals surface area contributed by atoms with Crippen molar-refractivity contribution in [2.75, 3.05) is 0 Å². The number of fused-ring (bicyclic) bond motifs is 2. The van der Waals surface area contributed by atoms with E-state index in [0.717, 1.165) is 51.9 Å². The second kappa shape index (κ2) is 13.6. The second-order valence-electron chi connectivity index (χ2n) is 11.9. The highest BCUT2D eigenvalue weighted by molar-refractivity contribution is 6.17. The fraction of sp³-hybridized carbons (Fsp3) is 0.371. The highest BCUT2D eigenvalue weighted by atomic mass is 35.5. The van der Waals surface area contributed by atoms with Crippen LogP contribution in [0.2, 0.25) is 0 Å². The quantitative estimate of drug-likeness (QED) is 0.151. The van der Waals surface area contributed by atoms with Gasteiger partial charge in [-0.2, -0.15) is 20.2 Å². The molecule has 2 aromatic carbocycles. The number of aromatic nitrogens is 8. The number of halogens is 1. The smallest absolute Gasteiger partial charge is 0.298 e. The van der Waals surface area contributed by atoms with Gasteiger partial charge < -0.3 is 18.3 Å². The Hall–Kier alpha value is -4.97. The summed E-state index contributed by atoms with van der Waals surface area (Å²) in [4.78, 5) is 36.2. The molecule has 13 heteroatoms. The van der Waals surface area contributed by atoms with Crippen molar-refractivity contribution in [2.24, 2.45) is 24.1 Å². The van der Waals surface area contributed by atoms with Crippen LogP contribution in [0.4, 0.5) is 0 Å². The summed E-state index contributed by atoms with van der Waals surface area (Å²) >= 11 is 6.43. The summed E-state index contributed by atoms with van der Waals surface area (Å²) < 4.78 is 11.5. The van der Waals surface area contributed by atoms with Crippen LogP contribution in [0, 0.1) is 13.8 Å². The Morgan fingerprint density at radius 3 is 1.77 bits per heavy atom. The number of nitrogens with zero attached hydrogens (tertiary/aromatic N) is 10. The molecule has 0 bridgehead atoms. The molecule has 12 nitrogen and oxygen atoms in total. The lowest BCUT2D eigenvalue weighted by molar-refractivity contribution is 0.0977. The van der Waals surface area contributed by atoms with Gasteiger partial charge in [-0.05, 0) is 76.4 Å². The van der Waals surface area contributed by atoms with Crippen LogP contribution in [0.5, 0.6) is 0 Å². The number of amides is 2. The molecule has 6 aromatic rings. The maximum atomic E-state index is 13.5. The highest BCUT2D eigenvalue weighted by Crippen LogP contribution is 2.21. The van der Waals surface area contributed by atoms with Gasteiger partial charge in [0.15, 0.2) is 0 Å². The standard InChI is InChI=1S/C35H41ClN10O2/c1-7-45-29(20-23(3)39-45)32(47)37-34-41(5)26-15-9-10-16-27(26)43(34)18-11-12-19-44-31-25(22-36)14-13-17-28(31)42(6)35(44)38-33(48)30-21-24(4)40-46(30)8-2/h9-10,13-17,20-21H,7-8,11-12,18-19,22H2,1-6H3/b37-34+,38-35+. The highest BCUT2D eigenvalue weighted by Gasteiger charge is 2.18. The lowest BCUT2D eigenvalue weighted by atomic mass is 10.2. The van der Waals surface area contributed by atoms with E-state index in [9.17, 15) is 9.59 Å². The third kappa shape index (κ3) is 5.96. The number of imidazole rings is 2. The number of para-hydroxylation sites is 3. The van der Waals surface area contributed by atoms with Gasteiger partial charge in [-0.15, -0.1) is 11.6 Å². The van der Waals surface area contributed by atoms with Crippen LogP contribution in [-0.4, -0.2) is 49.6 Å². The molecule has 0 spiro atoms. The third-order valence-electron chi connectivity index (χ3n) is 8.75. The summed E-state index contributed by atoms with van der Waals surface area (Å²) in [6, 6.07) is 17.6. The molecule has 0 aliphatic carbocycles. The molecule has 0 aliphatic rings. The second-order valence-corrected chi connectivity index (χ2v) is 12.2. The zero-order valence-electron chi connectivity index (χ0n) is 28.3. The van der Waals surface area contributed by atoms with Crippen molar-refractivity contribution >= 4 is 45.5 Å². The Morgan fingerprint density at radius 1 is 0.708 bits per heavy atom. The molecule has 4 aromatic heterocycles. The fourth-order valence-corrected chi connectivity index (χ4v) is 6.70. The normalized spacial score (nSPS) is 12.6. The van der Waals surface area contributed by atoms with Crippen LogP contribution in [0.15, 0.2) is 64.6 Å². The molecule has 0 aliphatic heterocycles. The Morgan fingerprint density at radius 2 is 1.21 bits per heavy atom. The first kappa shape index (κ1) is 33.0. The maximum absolute atomic E-state index is 13.5. The van der Waals surface area contributed by atoms with Gasteiger partial charge in [-0.1, -0.05) is 24.3 Å². The number of benzene rings is 2. The van der Waals surface area contributed by atoms with Crippen molar-refractivity contribution in [3.8, 4) is 0 Å². The van der Waals surface area contributed by atoms with Crippen LogP contribution in [0.3, 0.4) is 0 Å². The lowest BCUT2D eigenvalue weighted by Crippen LogP contribution is -2.28. The summed E-state index contributed by atoms with van der Waals surface area (Å²) in [6.07, 6.45) is 1.55. The minimum Gasteiger partial charge on any atom is -0.313 e. The van der Waals surface area contributed by atoms with Gasteiger partial charge in [0, 0.05) is 46.2 Å². The Labute approximate surface area is 283 Å². The molecule has 4 heterocycles. The van der Waals surface area contributed by atoms with Crippen molar-refractivity contribution in [2.45, 2.75) is 72.6 Å². The summed E-state index contributed by atoms with van der Waals surface area (Å²) in [6.45, 7) is 10.1. The molecule has 0 saturated carbocycles. The molecule has 0 atom stereocenters. The number of rotatable bonds is 10. The Balaban J connectivity index is 1.35. The minimum absolute atomic E-state index is 0.326. The first-order chi connectivity index (χ1) is 23.2. The fourth-order valence-electron chi connectivity index (χ4n) is 6.49. The van der Waals surface area contributed by atoms with Gasteiger partial charge >= 0.3 is 0 Å².